The van der Waals surface area contributed by atoms with Crippen molar-refractivity contribution < 1.29 is 24.5 Å². The number of aromatic hydroxyl groups is 1. The fourth-order valence-corrected chi connectivity index (χ4v) is 2.32. The lowest BCUT2D eigenvalue weighted by Crippen LogP contribution is -2.46. The van der Waals surface area contributed by atoms with E-state index in [4.69, 9.17) is 4.74 Å². The van der Waals surface area contributed by atoms with Crippen LogP contribution in [-0.4, -0.2) is 33.4 Å². The van der Waals surface area contributed by atoms with Crippen LogP contribution in [0.4, 0.5) is 4.79 Å². The van der Waals surface area contributed by atoms with Crippen molar-refractivity contribution >= 4 is 12.1 Å². The second kappa shape index (κ2) is 4.95. The largest absolute Gasteiger partial charge is 0.508 e. The summed E-state index contributed by atoms with van der Waals surface area (Å²) in [5.74, 6) is -1.42. The predicted molar refractivity (Wildman–Crippen MR) is 75.2 cm³/mol. The van der Waals surface area contributed by atoms with Gasteiger partial charge in [0.15, 0.2) is 0 Å². The number of nitrogens with one attached hydrogen (secondary N) is 1. The molecule has 1 fully saturated rings. The first-order valence-corrected chi connectivity index (χ1v) is 6.67. The molecule has 1 aliphatic rings. The minimum Gasteiger partial charge on any atom is -0.508 e. The summed E-state index contributed by atoms with van der Waals surface area (Å²) in [5, 5.41) is 21.3. The van der Waals surface area contributed by atoms with Crippen LogP contribution < -0.4 is 5.32 Å². The fraction of sp³-hybridized carbons (Fsp3) is 0.467. The summed E-state index contributed by atoms with van der Waals surface area (Å²) in [5.41, 5.74) is -1.39. The van der Waals surface area contributed by atoms with Gasteiger partial charge >= 0.3 is 12.1 Å². The average molecular weight is 293 g/mol. The highest BCUT2D eigenvalue weighted by atomic mass is 16.6. The molecule has 3 N–H and O–H groups in total. The smallest absolute Gasteiger partial charge is 0.408 e. The minimum absolute atomic E-state index is 0.0657. The number of carbonyl (C=O) groups excluding carboxylic acids is 1. The quantitative estimate of drug-likeness (QED) is 0.794. The van der Waals surface area contributed by atoms with Gasteiger partial charge in [0.2, 0.25) is 0 Å². The molecule has 114 valence electrons. The summed E-state index contributed by atoms with van der Waals surface area (Å²) in [6.07, 6.45) is -0.488. The number of alkyl carbamates (subject to hydrolysis) is 1. The van der Waals surface area contributed by atoms with E-state index < -0.39 is 23.2 Å². The maximum Gasteiger partial charge on any atom is 0.408 e. The van der Waals surface area contributed by atoms with E-state index in [1.807, 2.05) is 0 Å². The lowest BCUT2D eigenvalue weighted by molar-refractivity contribution is -0.140. The lowest BCUT2D eigenvalue weighted by atomic mass is 10.1. The number of ether oxygens (including phenoxy) is 1. The summed E-state index contributed by atoms with van der Waals surface area (Å²) in [7, 11) is 0. The Bertz CT molecular complexity index is 578. The first-order chi connectivity index (χ1) is 9.64. The van der Waals surface area contributed by atoms with E-state index in [-0.39, 0.29) is 18.1 Å². The van der Waals surface area contributed by atoms with E-state index in [2.05, 4.69) is 5.32 Å². The molecule has 0 heterocycles. The third kappa shape index (κ3) is 3.26. The molecule has 6 nitrogen and oxygen atoms in total. The molecule has 1 aromatic rings. The van der Waals surface area contributed by atoms with Gasteiger partial charge in [0, 0.05) is 5.92 Å². The van der Waals surface area contributed by atoms with E-state index in [9.17, 15) is 19.8 Å². The standard InChI is InChI=1S/C15H19NO5/c1-14(2,3)21-13(20)16-15(12(18)19)8-11(15)9-5-4-6-10(17)7-9/h4-7,11,17H,8H2,1-3H3,(H,16,20)(H,18,19)/t11-,15?/m0/s1. The maximum atomic E-state index is 11.8. The number of hydrogen-bond donors (Lipinski definition) is 3. The first-order valence-electron chi connectivity index (χ1n) is 6.67. The number of aliphatic carboxylic acids is 1. The Morgan fingerprint density at radius 1 is 1.38 bits per heavy atom. The number of phenols is 1. The number of carbonyl (C=O) groups is 2. The molecule has 1 saturated carbocycles. The van der Waals surface area contributed by atoms with Crippen LogP contribution in [0.3, 0.4) is 0 Å². The Hall–Kier alpha value is -2.24. The lowest BCUT2D eigenvalue weighted by Gasteiger charge is -2.22. The molecule has 0 radical (unpaired) electrons. The van der Waals surface area contributed by atoms with Gasteiger partial charge in [0.1, 0.15) is 16.9 Å². The van der Waals surface area contributed by atoms with Gasteiger partial charge in [-0.1, -0.05) is 12.1 Å². The molecule has 1 unspecified atom stereocenters. The number of hydrogen-bond acceptors (Lipinski definition) is 4. The van der Waals surface area contributed by atoms with Gasteiger partial charge in [-0.25, -0.2) is 9.59 Å². The molecule has 0 spiro atoms. The van der Waals surface area contributed by atoms with E-state index in [1.165, 1.54) is 12.1 Å². The third-order valence-corrected chi connectivity index (χ3v) is 3.34. The summed E-state index contributed by atoms with van der Waals surface area (Å²) in [6.45, 7) is 5.12. The number of amides is 1. The second-order valence-electron chi connectivity index (χ2n) is 6.26. The normalized spacial score (nSPS) is 24.2. The Labute approximate surface area is 122 Å². The minimum atomic E-state index is -1.36. The number of benzene rings is 1. The van der Waals surface area contributed by atoms with Crippen molar-refractivity contribution in [1.29, 1.82) is 0 Å². The van der Waals surface area contributed by atoms with Crippen molar-refractivity contribution in [1.82, 2.24) is 5.32 Å². The Morgan fingerprint density at radius 2 is 2.05 bits per heavy atom. The van der Waals surface area contributed by atoms with Crippen LogP contribution in [0.5, 0.6) is 5.75 Å². The van der Waals surface area contributed by atoms with Gasteiger partial charge in [0.25, 0.3) is 0 Å². The molecule has 2 rings (SSSR count). The third-order valence-electron chi connectivity index (χ3n) is 3.34. The summed E-state index contributed by atoms with van der Waals surface area (Å²) in [6, 6.07) is 6.39. The van der Waals surface area contributed by atoms with E-state index in [0.717, 1.165) is 0 Å². The number of carboxylic acid groups (broad SMARTS) is 1. The number of rotatable bonds is 3. The molecule has 1 amide bonds. The monoisotopic (exact) mass is 293 g/mol. The molecule has 2 atom stereocenters. The zero-order chi connectivity index (χ0) is 15.8. The van der Waals surface area contributed by atoms with Gasteiger partial charge in [-0.2, -0.15) is 0 Å². The van der Waals surface area contributed by atoms with Gasteiger partial charge in [-0.15, -0.1) is 0 Å². The summed E-state index contributed by atoms with van der Waals surface area (Å²) < 4.78 is 5.11. The molecule has 0 saturated heterocycles. The maximum absolute atomic E-state index is 11.8. The topological polar surface area (TPSA) is 95.9 Å². The second-order valence-corrected chi connectivity index (χ2v) is 6.26. The van der Waals surface area contributed by atoms with Crippen LogP contribution in [0.2, 0.25) is 0 Å². The van der Waals surface area contributed by atoms with Gasteiger partial charge in [-0.3, -0.25) is 0 Å². The highest BCUT2D eigenvalue weighted by molar-refractivity contribution is 5.90. The zero-order valence-corrected chi connectivity index (χ0v) is 12.2. The van der Waals surface area contributed by atoms with Gasteiger partial charge < -0.3 is 20.3 Å². The Morgan fingerprint density at radius 3 is 2.57 bits per heavy atom. The molecular weight excluding hydrogens is 274 g/mol. The van der Waals surface area contributed by atoms with E-state index in [1.54, 1.807) is 32.9 Å². The van der Waals surface area contributed by atoms with Crippen LogP contribution in [0.1, 0.15) is 38.7 Å². The van der Waals surface area contributed by atoms with E-state index in [0.29, 0.717) is 5.56 Å². The van der Waals surface area contributed by atoms with Crippen molar-refractivity contribution in [2.45, 2.75) is 44.2 Å². The Balaban J connectivity index is 2.15. The Kier molecular flexibility index (Phi) is 3.57. The van der Waals surface area contributed by atoms with Crippen molar-refractivity contribution in [3.8, 4) is 5.75 Å². The van der Waals surface area contributed by atoms with Crippen LogP contribution in [-0.2, 0) is 9.53 Å². The van der Waals surface area contributed by atoms with Crippen molar-refractivity contribution in [2.75, 3.05) is 0 Å². The highest BCUT2D eigenvalue weighted by Gasteiger charge is 2.62. The van der Waals surface area contributed by atoms with Crippen molar-refractivity contribution in [2.24, 2.45) is 0 Å². The predicted octanol–water partition coefficient (Wildman–Crippen LogP) is 2.23. The molecule has 0 aliphatic heterocycles. The van der Waals surface area contributed by atoms with Crippen LogP contribution in [0, 0.1) is 0 Å². The SMILES string of the molecule is CC(C)(C)OC(=O)NC1(C(=O)O)C[C@H]1c1cccc(O)c1. The molecule has 0 aromatic heterocycles. The molecule has 0 bridgehead atoms. The summed E-state index contributed by atoms with van der Waals surface area (Å²) in [4.78, 5) is 23.3. The number of phenolic OH excluding ortho intramolecular Hbond substituents is 1. The fourth-order valence-electron chi connectivity index (χ4n) is 2.32. The molecule has 1 aromatic carbocycles. The van der Waals surface area contributed by atoms with Crippen LogP contribution in [0.25, 0.3) is 0 Å². The van der Waals surface area contributed by atoms with Crippen LogP contribution in [0.15, 0.2) is 24.3 Å². The van der Waals surface area contributed by atoms with Gasteiger partial charge in [0.05, 0.1) is 0 Å². The molecule has 1 aliphatic carbocycles. The molecular formula is C15H19NO5. The average Bonchev–Trinajstić information content (AvgIpc) is 3.02. The van der Waals surface area contributed by atoms with Crippen LogP contribution >= 0.6 is 0 Å². The van der Waals surface area contributed by atoms with Crippen molar-refractivity contribution in [3.05, 3.63) is 29.8 Å². The zero-order valence-electron chi connectivity index (χ0n) is 12.2. The van der Waals surface area contributed by atoms with Gasteiger partial charge in [-0.05, 0) is 44.9 Å². The first kappa shape index (κ1) is 15.2. The molecule has 21 heavy (non-hydrogen) atoms. The summed E-state index contributed by atoms with van der Waals surface area (Å²) >= 11 is 0. The highest BCUT2D eigenvalue weighted by Crippen LogP contribution is 2.52. The molecule has 6 heteroatoms. The van der Waals surface area contributed by atoms with Crippen molar-refractivity contribution in [3.63, 3.8) is 0 Å². The number of carboxylic acids is 1. The van der Waals surface area contributed by atoms with E-state index >= 15 is 0 Å².